The Bertz CT molecular complexity index is 1160. The first-order valence-corrected chi connectivity index (χ1v) is 9.44. The molecule has 0 heterocycles. The molecule has 3 amide bonds. The van der Waals surface area contributed by atoms with Crippen LogP contribution in [0.5, 0.6) is 11.5 Å². The molecule has 0 aromatic heterocycles. The van der Waals surface area contributed by atoms with Gasteiger partial charge in [-0.25, -0.2) is 5.43 Å². The number of phenols is 1. The first-order valence-electron chi connectivity index (χ1n) is 9.44. The first kappa shape index (κ1) is 22.0. The number of methoxy groups -OCH3 is 1. The minimum absolute atomic E-state index is 0.0389. The summed E-state index contributed by atoms with van der Waals surface area (Å²) < 4.78 is 4.99. The van der Waals surface area contributed by atoms with Crippen LogP contribution in [0.15, 0.2) is 77.9 Å². The topological polar surface area (TPSA) is 129 Å². The van der Waals surface area contributed by atoms with Gasteiger partial charge in [0.2, 0.25) is 0 Å². The van der Waals surface area contributed by atoms with Gasteiger partial charge < -0.3 is 20.5 Å². The molecular weight excluding hydrogens is 412 g/mol. The van der Waals surface area contributed by atoms with E-state index in [1.165, 1.54) is 37.6 Å². The lowest BCUT2D eigenvalue weighted by Crippen LogP contribution is -2.33. The van der Waals surface area contributed by atoms with Gasteiger partial charge in [-0.2, -0.15) is 5.10 Å². The Morgan fingerprint density at radius 2 is 1.62 bits per heavy atom. The van der Waals surface area contributed by atoms with E-state index in [0.29, 0.717) is 11.3 Å². The minimum Gasteiger partial charge on any atom is -0.504 e. The monoisotopic (exact) mass is 432 g/mol. The van der Waals surface area contributed by atoms with E-state index >= 15 is 0 Å². The summed E-state index contributed by atoms with van der Waals surface area (Å²) in [5, 5.41) is 18.4. The average molecular weight is 432 g/mol. The standard InChI is InChI=1S/C23H20N4O5/c1-32-20-13-15(11-12-19(20)28)14-24-27-23(31)22(30)26-18-10-6-5-9-17(18)21(29)25-16-7-3-2-4-8-16/h2-14,28H,1H3,(H,25,29)(H,26,30)(H,27,31). The first-order chi connectivity index (χ1) is 15.5. The van der Waals surface area contributed by atoms with Crippen LogP contribution in [0.4, 0.5) is 11.4 Å². The second kappa shape index (κ2) is 10.4. The van der Waals surface area contributed by atoms with E-state index < -0.39 is 17.7 Å². The van der Waals surface area contributed by atoms with Crippen molar-refractivity contribution in [1.82, 2.24) is 5.43 Å². The van der Waals surface area contributed by atoms with Gasteiger partial charge in [0, 0.05) is 5.69 Å². The number of anilines is 2. The van der Waals surface area contributed by atoms with Crippen LogP contribution < -0.4 is 20.8 Å². The summed E-state index contributed by atoms with van der Waals surface area (Å²) in [5.74, 6) is -2.26. The summed E-state index contributed by atoms with van der Waals surface area (Å²) in [4.78, 5) is 36.9. The highest BCUT2D eigenvalue weighted by molar-refractivity contribution is 6.40. The fraction of sp³-hybridized carbons (Fsp3) is 0.0435. The van der Waals surface area contributed by atoms with Gasteiger partial charge in [-0.05, 0) is 48.0 Å². The molecule has 9 nitrogen and oxygen atoms in total. The zero-order valence-corrected chi connectivity index (χ0v) is 17.0. The lowest BCUT2D eigenvalue weighted by molar-refractivity contribution is -0.136. The summed E-state index contributed by atoms with van der Waals surface area (Å²) in [6, 6.07) is 19.6. The fourth-order valence-corrected chi connectivity index (χ4v) is 2.68. The predicted octanol–water partition coefficient (Wildman–Crippen LogP) is 2.74. The number of hydrogen-bond donors (Lipinski definition) is 4. The lowest BCUT2D eigenvalue weighted by atomic mass is 10.1. The number of hydrazone groups is 1. The molecule has 3 rings (SSSR count). The molecule has 0 saturated heterocycles. The van der Waals surface area contributed by atoms with Crippen LogP contribution in [0.1, 0.15) is 15.9 Å². The summed E-state index contributed by atoms with van der Waals surface area (Å²) in [6.45, 7) is 0. The molecule has 0 spiro atoms. The number of hydrogen-bond acceptors (Lipinski definition) is 6. The molecule has 0 atom stereocenters. The summed E-state index contributed by atoms with van der Waals surface area (Å²) in [6.07, 6.45) is 1.29. The number of carbonyl (C=O) groups excluding carboxylic acids is 3. The lowest BCUT2D eigenvalue weighted by Gasteiger charge is -2.11. The highest BCUT2D eigenvalue weighted by Gasteiger charge is 2.17. The molecule has 0 aliphatic rings. The highest BCUT2D eigenvalue weighted by atomic mass is 16.5. The van der Waals surface area contributed by atoms with E-state index in [1.54, 1.807) is 42.5 Å². The summed E-state index contributed by atoms with van der Waals surface area (Å²) in [7, 11) is 1.40. The smallest absolute Gasteiger partial charge is 0.329 e. The molecule has 0 bridgehead atoms. The van der Waals surface area contributed by atoms with Gasteiger partial charge in [0.25, 0.3) is 5.91 Å². The Hall–Kier alpha value is -4.66. The quantitative estimate of drug-likeness (QED) is 0.270. The number of para-hydroxylation sites is 2. The number of carbonyl (C=O) groups is 3. The number of amides is 3. The molecule has 0 saturated carbocycles. The number of benzene rings is 3. The van der Waals surface area contributed by atoms with Crippen LogP contribution in [0.25, 0.3) is 0 Å². The number of nitrogens with one attached hydrogen (secondary N) is 3. The molecule has 0 aliphatic carbocycles. The van der Waals surface area contributed by atoms with Crippen molar-refractivity contribution < 1.29 is 24.2 Å². The van der Waals surface area contributed by atoms with E-state index in [4.69, 9.17) is 4.74 Å². The zero-order chi connectivity index (χ0) is 22.9. The van der Waals surface area contributed by atoms with E-state index in [9.17, 15) is 19.5 Å². The number of aromatic hydroxyl groups is 1. The van der Waals surface area contributed by atoms with E-state index in [2.05, 4.69) is 21.2 Å². The molecule has 162 valence electrons. The highest BCUT2D eigenvalue weighted by Crippen LogP contribution is 2.25. The number of phenolic OH excluding ortho intramolecular Hbond substituents is 1. The van der Waals surface area contributed by atoms with Crippen molar-refractivity contribution in [2.75, 3.05) is 17.7 Å². The molecular formula is C23H20N4O5. The van der Waals surface area contributed by atoms with Crippen LogP contribution in [-0.4, -0.2) is 36.2 Å². The number of ether oxygens (including phenoxy) is 1. The SMILES string of the molecule is COc1cc(C=NNC(=O)C(=O)Nc2ccccc2C(=O)Nc2ccccc2)ccc1O. The maximum Gasteiger partial charge on any atom is 0.329 e. The van der Waals surface area contributed by atoms with Gasteiger partial charge in [0.1, 0.15) is 0 Å². The zero-order valence-electron chi connectivity index (χ0n) is 17.0. The van der Waals surface area contributed by atoms with Gasteiger partial charge in [-0.3, -0.25) is 14.4 Å². The van der Waals surface area contributed by atoms with Crippen molar-refractivity contribution >= 4 is 35.3 Å². The van der Waals surface area contributed by atoms with Crippen molar-refractivity contribution in [3.8, 4) is 11.5 Å². The van der Waals surface area contributed by atoms with E-state index in [1.807, 2.05) is 6.07 Å². The normalized spacial score (nSPS) is 10.4. The molecule has 3 aromatic carbocycles. The van der Waals surface area contributed by atoms with Crippen molar-refractivity contribution in [3.05, 3.63) is 83.9 Å². The van der Waals surface area contributed by atoms with E-state index in [-0.39, 0.29) is 22.7 Å². The largest absolute Gasteiger partial charge is 0.504 e. The molecule has 0 fully saturated rings. The third-order valence-corrected chi connectivity index (χ3v) is 4.24. The van der Waals surface area contributed by atoms with Crippen molar-refractivity contribution in [3.63, 3.8) is 0 Å². The second-order valence-electron chi connectivity index (χ2n) is 6.45. The van der Waals surface area contributed by atoms with Crippen LogP contribution in [0, 0.1) is 0 Å². The maximum absolute atomic E-state index is 12.6. The summed E-state index contributed by atoms with van der Waals surface area (Å²) in [5.41, 5.74) is 3.60. The van der Waals surface area contributed by atoms with Gasteiger partial charge in [0.05, 0.1) is 24.6 Å². The molecule has 9 heteroatoms. The molecule has 32 heavy (non-hydrogen) atoms. The Morgan fingerprint density at radius 1 is 0.906 bits per heavy atom. The van der Waals surface area contributed by atoms with Crippen molar-refractivity contribution in [2.45, 2.75) is 0 Å². The molecule has 0 aliphatic heterocycles. The summed E-state index contributed by atoms with van der Waals surface area (Å²) >= 11 is 0. The molecule has 0 unspecified atom stereocenters. The van der Waals surface area contributed by atoms with Gasteiger partial charge >= 0.3 is 11.8 Å². The van der Waals surface area contributed by atoms with Crippen LogP contribution in [-0.2, 0) is 9.59 Å². The Kier molecular flexibility index (Phi) is 7.16. The third-order valence-electron chi connectivity index (χ3n) is 4.24. The fourth-order valence-electron chi connectivity index (χ4n) is 2.68. The van der Waals surface area contributed by atoms with Gasteiger partial charge in [0.15, 0.2) is 11.5 Å². The third kappa shape index (κ3) is 5.70. The van der Waals surface area contributed by atoms with Crippen molar-refractivity contribution in [1.29, 1.82) is 0 Å². The molecule has 4 N–H and O–H groups in total. The number of nitrogens with zero attached hydrogens (tertiary/aromatic N) is 1. The van der Waals surface area contributed by atoms with E-state index in [0.717, 1.165) is 0 Å². The van der Waals surface area contributed by atoms with Gasteiger partial charge in [-0.1, -0.05) is 30.3 Å². The molecule has 3 aromatic rings. The average Bonchev–Trinajstić information content (AvgIpc) is 2.81. The Morgan fingerprint density at radius 3 is 2.38 bits per heavy atom. The van der Waals surface area contributed by atoms with Crippen LogP contribution in [0.2, 0.25) is 0 Å². The van der Waals surface area contributed by atoms with Crippen molar-refractivity contribution in [2.24, 2.45) is 5.10 Å². The minimum atomic E-state index is -1.02. The van der Waals surface area contributed by atoms with Crippen LogP contribution in [0.3, 0.4) is 0 Å². The number of rotatable bonds is 6. The Balaban J connectivity index is 1.63. The van der Waals surface area contributed by atoms with Gasteiger partial charge in [-0.15, -0.1) is 0 Å². The molecule has 0 radical (unpaired) electrons. The second-order valence-corrected chi connectivity index (χ2v) is 6.45. The Labute approximate surface area is 183 Å². The maximum atomic E-state index is 12.6. The predicted molar refractivity (Wildman–Crippen MR) is 120 cm³/mol. The van der Waals surface area contributed by atoms with Crippen LogP contribution >= 0.6 is 0 Å².